The molecule has 1 aliphatic heterocycles. The Morgan fingerprint density at radius 2 is 2.38 bits per heavy atom. The highest BCUT2D eigenvalue weighted by atomic mass is 32.2. The van der Waals surface area contributed by atoms with Gasteiger partial charge < -0.3 is 14.8 Å². The van der Waals surface area contributed by atoms with Crippen molar-refractivity contribution in [1.82, 2.24) is 10.0 Å². The molecule has 2 N–H and O–H groups in total. The van der Waals surface area contributed by atoms with Crippen LogP contribution in [0.15, 0.2) is 0 Å². The number of hydrogen-bond acceptors (Lipinski definition) is 6. The fourth-order valence-electron chi connectivity index (χ4n) is 1.24. The van der Waals surface area contributed by atoms with E-state index in [4.69, 9.17) is 4.74 Å². The van der Waals surface area contributed by atoms with Crippen molar-refractivity contribution in [2.45, 2.75) is 6.10 Å². The second-order valence-electron chi connectivity index (χ2n) is 3.38. The topological polar surface area (TPSA) is 93.7 Å². The number of methoxy groups -OCH3 is 1. The van der Waals surface area contributed by atoms with Crippen LogP contribution in [0.3, 0.4) is 0 Å². The van der Waals surface area contributed by atoms with E-state index >= 15 is 0 Å². The van der Waals surface area contributed by atoms with E-state index in [0.717, 1.165) is 13.7 Å². The first-order valence-corrected chi connectivity index (χ1v) is 6.55. The van der Waals surface area contributed by atoms with Crippen LogP contribution in [0.25, 0.3) is 0 Å². The van der Waals surface area contributed by atoms with Gasteiger partial charge in [0.15, 0.2) is 5.75 Å². The average molecular weight is 252 g/mol. The van der Waals surface area contributed by atoms with Gasteiger partial charge in [0, 0.05) is 19.6 Å². The fraction of sp³-hybridized carbons (Fsp3) is 0.875. The molecule has 1 fully saturated rings. The molecule has 0 aromatic heterocycles. The molecule has 1 heterocycles. The van der Waals surface area contributed by atoms with E-state index in [9.17, 15) is 13.2 Å². The standard InChI is InChI=1S/C8H16N2O5S/c1-14-8(11)6-16(12,13)10-5-7-4-9-2-3-15-7/h7,9-10H,2-6H2,1H3. The highest BCUT2D eigenvalue weighted by Gasteiger charge is 2.20. The molecule has 8 heteroatoms. The summed E-state index contributed by atoms with van der Waals surface area (Å²) in [4.78, 5) is 10.8. The summed E-state index contributed by atoms with van der Waals surface area (Å²) in [6, 6.07) is 0. The molecule has 0 aliphatic carbocycles. The maximum atomic E-state index is 11.4. The van der Waals surface area contributed by atoms with E-state index in [1.165, 1.54) is 0 Å². The van der Waals surface area contributed by atoms with Crippen LogP contribution in [0.4, 0.5) is 0 Å². The molecule has 0 aromatic rings. The predicted octanol–water partition coefficient (Wildman–Crippen LogP) is -1.93. The average Bonchev–Trinajstić information content (AvgIpc) is 2.27. The first-order valence-electron chi connectivity index (χ1n) is 4.90. The van der Waals surface area contributed by atoms with Crippen LogP contribution >= 0.6 is 0 Å². The molecule has 1 rings (SSSR count). The first-order chi connectivity index (χ1) is 7.53. The molecule has 1 unspecified atom stereocenters. The normalized spacial score (nSPS) is 21.7. The Bertz CT molecular complexity index is 323. The minimum atomic E-state index is -3.62. The third-order valence-electron chi connectivity index (χ3n) is 2.07. The lowest BCUT2D eigenvalue weighted by Gasteiger charge is -2.23. The monoisotopic (exact) mass is 252 g/mol. The molecule has 0 saturated carbocycles. The number of nitrogens with one attached hydrogen (secondary N) is 2. The van der Waals surface area contributed by atoms with Gasteiger partial charge in [0.2, 0.25) is 10.0 Å². The Balaban J connectivity index is 2.32. The Kier molecular flexibility index (Phi) is 5.13. The number of rotatable bonds is 5. The van der Waals surface area contributed by atoms with Gasteiger partial charge in [-0.2, -0.15) is 0 Å². The summed E-state index contributed by atoms with van der Waals surface area (Å²) in [5.74, 6) is -1.45. The Morgan fingerprint density at radius 1 is 1.62 bits per heavy atom. The number of esters is 1. The van der Waals surface area contributed by atoms with E-state index in [0.29, 0.717) is 13.2 Å². The molecule has 0 aromatic carbocycles. The quantitative estimate of drug-likeness (QED) is 0.553. The van der Waals surface area contributed by atoms with Crippen molar-refractivity contribution in [3.63, 3.8) is 0 Å². The highest BCUT2D eigenvalue weighted by molar-refractivity contribution is 7.90. The molecule has 0 radical (unpaired) electrons. The maximum Gasteiger partial charge on any atom is 0.322 e. The van der Waals surface area contributed by atoms with Crippen molar-refractivity contribution in [2.24, 2.45) is 0 Å². The van der Waals surface area contributed by atoms with Crippen molar-refractivity contribution in [3.05, 3.63) is 0 Å². The van der Waals surface area contributed by atoms with Crippen molar-refractivity contribution in [2.75, 3.05) is 39.1 Å². The molecule has 1 atom stereocenters. The van der Waals surface area contributed by atoms with Gasteiger partial charge in [-0.1, -0.05) is 0 Å². The number of hydrogen-bond donors (Lipinski definition) is 2. The number of carbonyl (C=O) groups is 1. The predicted molar refractivity (Wildman–Crippen MR) is 56.4 cm³/mol. The summed E-state index contributed by atoms with van der Waals surface area (Å²) in [6.45, 7) is 2.09. The third kappa shape index (κ3) is 4.88. The van der Waals surface area contributed by atoms with Crippen molar-refractivity contribution in [3.8, 4) is 0 Å². The lowest BCUT2D eigenvalue weighted by atomic mass is 10.3. The van der Waals surface area contributed by atoms with Crippen LogP contribution < -0.4 is 10.0 Å². The van der Waals surface area contributed by atoms with Gasteiger partial charge in [0.05, 0.1) is 19.8 Å². The molecule has 7 nitrogen and oxygen atoms in total. The second kappa shape index (κ2) is 6.14. The molecule has 94 valence electrons. The Labute approximate surface area is 94.5 Å². The van der Waals surface area contributed by atoms with Gasteiger partial charge >= 0.3 is 5.97 Å². The van der Waals surface area contributed by atoms with Crippen LogP contribution in [-0.4, -0.2) is 59.6 Å². The number of sulfonamides is 1. The van der Waals surface area contributed by atoms with Crippen LogP contribution in [-0.2, 0) is 24.3 Å². The number of ether oxygens (including phenoxy) is 2. The Hall–Kier alpha value is -0.700. The first kappa shape index (κ1) is 13.4. The van der Waals surface area contributed by atoms with E-state index in [2.05, 4.69) is 14.8 Å². The highest BCUT2D eigenvalue weighted by Crippen LogP contribution is 1.95. The largest absolute Gasteiger partial charge is 0.468 e. The molecule has 1 aliphatic rings. The van der Waals surface area contributed by atoms with Gasteiger partial charge in [-0.05, 0) is 0 Å². The summed E-state index contributed by atoms with van der Waals surface area (Å²) in [5, 5.41) is 3.07. The van der Waals surface area contributed by atoms with Crippen LogP contribution in [0.1, 0.15) is 0 Å². The van der Waals surface area contributed by atoms with Gasteiger partial charge in [-0.3, -0.25) is 4.79 Å². The smallest absolute Gasteiger partial charge is 0.322 e. The van der Waals surface area contributed by atoms with E-state index in [1.54, 1.807) is 0 Å². The zero-order valence-corrected chi connectivity index (χ0v) is 9.88. The lowest BCUT2D eigenvalue weighted by Crippen LogP contribution is -2.46. The fourth-order valence-corrected chi connectivity index (χ4v) is 2.21. The van der Waals surface area contributed by atoms with Gasteiger partial charge in [0.1, 0.15) is 0 Å². The second-order valence-corrected chi connectivity index (χ2v) is 5.19. The molecular weight excluding hydrogens is 236 g/mol. The van der Waals surface area contributed by atoms with Crippen molar-refractivity contribution < 1.29 is 22.7 Å². The van der Waals surface area contributed by atoms with Crippen LogP contribution in [0.2, 0.25) is 0 Å². The summed E-state index contributed by atoms with van der Waals surface area (Å²) < 4.78 is 34.6. The van der Waals surface area contributed by atoms with Crippen molar-refractivity contribution in [1.29, 1.82) is 0 Å². The molecule has 16 heavy (non-hydrogen) atoms. The lowest BCUT2D eigenvalue weighted by molar-refractivity contribution is -0.137. The molecule has 1 saturated heterocycles. The van der Waals surface area contributed by atoms with Crippen molar-refractivity contribution >= 4 is 16.0 Å². The minimum Gasteiger partial charge on any atom is -0.468 e. The number of carbonyl (C=O) groups excluding carboxylic acids is 1. The van der Waals surface area contributed by atoms with Crippen LogP contribution in [0, 0.1) is 0 Å². The van der Waals surface area contributed by atoms with E-state index < -0.39 is 21.7 Å². The molecular formula is C8H16N2O5S. The summed E-state index contributed by atoms with van der Waals surface area (Å²) in [7, 11) is -2.48. The summed E-state index contributed by atoms with van der Waals surface area (Å²) in [5.41, 5.74) is 0. The SMILES string of the molecule is COC(=O)CS(=O)(=O)NCC1CNCCO1. The van der Waals surface area contributed by atoms with Crippen LogP contribution in [0.5, 0.6) is 0 Å². The summed E-state index contributed by atoms with van der Waals surface area (Å²) in [6.07, 6.45) is -0.193. The maximum absolute atomic E-state index is 11.4. The van der Waals surface area contributed by atoms with Gasteiger partial charge in [0.25, 0.3) is 0 Å². The van der Waals surface area contributed by atoms with E-state index in [1.807, 2.05) is 0 Å². The zero-order chi connectivity index (χ0) is 12.0. The third-order valence-corrected chi connectivity index (χ3v) is 3.29. The Morgan fingerprint density at radius 3 is 2.94 bits per heavy atom. The molecule has 0 spiro atoms. The summed E-state index contributed by atoms with van der Waals surface area (Å²) >= 11 is 0. The van der Waals surface area contributed by atoms with E-state index in [-0.39, 0.29) is 12.6 Å². The molecule has 0 amide bonds. The van der Waals surface area contributed by atoms with Gasteiger partial charge in [-0.25, -0.2) is 13.1 Å². The zero-order valence-electron chi connectivity index (χ0n) is 9.06. The molecule has 0 bridgehead atoms. The van der Waals surface area contributed by atoms with Gasteiger partial charge in [-0.15, -0.1) is 0 Å². The minimum absolute atomic E-state index is 0.159. The number of morpholine rings is 1.